The van der Waals surface area contributed by atoms with Gasteiger partial charge in [-0.15, -0.1) is 0 Å². The molecule has 0 unspecified atom stereocenters. The summed E-state index contributed by atoms with van der Waals surface area (Å²) in [5.41, 5.74) is 2.76. The van der Waals surface area contributed by atoms with Gasteiger partial charge >= 0.3 is 0 Å². The minimum Gasteiger partial charge on any atom is -0.379 e. The van der Waals surface area contributed by atoms with Crippen LogP contribution in [0.4, 0.5) is 0 Å². The third kappa shape index (κ3) is 4.91. The second-order valence-corrected chi connectivity index (χ2v) is 9.75. The summed E-state index contributed by atoms with van der Waals surface area (Å²) in [4.78, 5) is 15.8. The van der Waals surface area contributed by atoms with Crippen LogP contribution in [0.5, 0.6) is 0 Å². The average Bonchev–Trinajstić information content (AvgIpc) is 2.84. The van der Waals surface area contributed by atoms with Crippen LogP contribution in [0.1, 0.15) is 38.1 Å². The van der Waals surface area contributed by atoms with Crippen LogP contribution in [0.25, 0.3) is 0 Å². The van der Waals surface area contributed by atoms with Crippen molar-refractivity contribution in [2.24, 2.45) is 11.3 Å². The number of morpholine rings is 1. The van der Waals surface area contributed by atoms with Gasteiger partial charge in [-0.05, 0) is 31.1 Å². The van der Waals surface area contributed by atoms with Crippen LogP contribution in [0.3, 0.4) is 0 Å². The van der Waals surface area contributed by atoms with Gasteiger partial charge in [0.2, 0.25) is 0 Å². The van der Waals surface area contributed by atoms with E-state index >= 15 is 0 Å². The van der Waals surface area contributed by atoms with Crippen LogP contribution in [0.15, 0.2) is 6.33 Å². The molecule has 4 aliphatic heterocycles. The second-order valence-electron chi connectivity index (χ2n) is 9.75. The molecule has 0 radical (unpaired) electrons. The molecule has 5 heterocycles. The van der Waals surface area contributed by atoms with Gasteiger partial charge in [0.25, 0.3) is 0 Å². The maximum absolute atomic E-state index is 5.52. The van der Waals surface area contributed by atoms with Gasteiger partial charge in [-0.3, -0.25) is 14.7 Å². The molecule has 0 amide bonds. The summed E-state index contributed by atoms with van der Waals surface area (Å²) < 4.78 is 5.52. The van der Waals surface area contributed by atoms with Crippen molar-refractivity contribution in [3.63, 3.8) is 0 Å². The van der Waals surface area contributed by atoms with Crippen LogP contribution in [-0.4, -0.2) is 89.7 Å². The van der Waals surface area contributed by atoms with Crippen LogP contribution in [0.2, 0.25) is 0 Å². The van der Waals surface area contributed by atoms with E-state index in [4.69, 9.17) is 4.74 Å². The Morgan fingerprint density at radius 3 is 2.67 bits per heavy atom. The molecule has 1 N–H and O–H groups in total. The van der Waals surface area contributed by atoms with E-state index in [9.17, 15) is 0 Å². The van der Waals surface area contributed by atoms with E-state index in [1.54, 1.807) is 0 Å². The molecule has 4 aliphatic rings. The van der Waals surface area contributed by atoms with Gasteiger partial charge in [-0.2, -0.15) is 0 Å². The predicted octanol–water partition coefficient (Wildman–Crippen LogP) is 1.97. The zero-order chi connectivity index (χ0) is 18.9. The second kappa shape index (κ2) is 8.19. The molecule has 6 heteroatoms. The molecule has 0 saturated carbocycles. The largest absolute Gasteiger partial charge is 0.379 e. The third-order valence-corrected chi connectivity index (χ3v) is 6.60. The SMILES string of the molecule is Cc1[nH]cnc1CN1C[C@H]2CC[C@@H](C1)N(CC(C)(C)CN1CCOCC1)C2. The lowest BCUT2D eigenvalue weighted by molar-refractivity contribution is 0.00731. The summed E-state index contributed by atoms with van der Waals surface area (Å²) in [5.74, 6) is 0.808. The Labute approximate surface area is 164 Å². The van der Waals surface area contributed by atoms with Crippen LogP contribution < -0.4 is 0 Å². The highest BCUT2D eigenvalue weighted by atomic mass is 16.5. The van der Waals surface area contributed by atoms with E-state index in [1.165, 1.54) is 57.0 Å². The van der Waals surface area contributed by atoms with E-state index in [1.807, 2.05) is 6.33 Å². The van der Waals surface area contributed by atoms with Gasteiger partial charge in [-0.25, -0.2) is 4.98 Å². The Kier molecular flexibility index (Phi) is 5.88. The summed E-state index contributed by atoms with van der Waals surface area (Å²) in [6, 6.07) is 0.701. The van der Waals surface area contributed by atoms with Crippen molar-refractivity contribution in [2.45, 2.75) is 46.2 Å². The molecule has 6 nitrogen and oxygen atoms in total. The number of ether oxygens (including phenoxy) is 1. The average molecular weight is 376 g/mol. The van der Waals surface area contributed by atoms with Gasteiger partial charge in [0, 0.05) is 64.1 Å². The molecule has 0 aliphatic carbocycles. The first-order valence-electron chi connectivity index (χ1n) is 10.7. The number of aromatic nitrogens is 2. The highest BCUT2D eigenvalue weighted by molar-refractivity contribution is 5.09. The number of nitrogens with one attached hydrogen (secondary N) is 1. The number of hydrogen-bond acceptors (Lipinski definition) is 5. The molecule has 2 atom stereocenters. The topological polar surface area (TPSA) is 47.6 Å². The molecular weight excluding hydrogens is 338 g/mol. The Morgan fingerprint density at radius 1 is 1.11 bits per heavy atom. The van der Waals surface area contributed by atoms with Gasteiger partial charge in [-0.1, -0.05) is 13.8 Å². The van der Waals surface area contributed by atoms with Gasteiger partial charge in [0.05, 0.1) is 25.2 Å². The molecule has 5 rings (SSSR count). The number of aryl methyl sites for hydroxylation is 1. The molecule has 152 valence electrons. The van der Waals surface area contributed by atoms with Gasteiger partial charge in [0.15, 0.2) is 0 Å². The molecule has 2 bridgehead atoms. The van der Waals surface area contributed by atoms with Crippen molar-refractivity contribution >= 4 is 0 Å². The first kappa shape index (κ1) is 19.4. The molecule has 27 heavy (non-hydrogen) atoms. The number of fused-ring (bicyclic) bond motifs is 4. The van der Waals surface area contributed by atoms with Crippen LogP contribution in [-0.2, 0) is 11.3 Å². The standard InChI is InChI=1S/C21H37N5O/c1-17-20(23-16-22-17)13-25-10-18-4-5-19(12-25)26(11-18)15-21(2,3)14-24-6-8-27-9-7-24/h16,18-19H,4-15H2,1-3H3,(H,22,23)/t18-,19+/m1/s1. The van der Waals surface area contributed by atoms with Crippen molar-refractivity contribution < 1.29 is 4.74 Å². The lowest BCUT2D eigenvalue weighted by Gasteiger charge is -2.43. The van der Waals surface area contributed by atoms with Crippen molar-refractivity contribution in [3.05, 3.63) is 17.7 Å². The van der Waals surface area contributed by atoms with Crippen LogP contribution in [0, 0.1) is 18.3 Å². The highest BCUT2D eigenvalue weighted by Crippen LogP contribution is 2.32. The van der Waals surface area contributed by atoms with E-state index in [0.717, 1.165) is 38.8 Å². The van der Waals surface area contributed by atoms with Gasteiger partial charge < -0.3 is 9.72 Å². The van der Waals surface area contributed by atoms with E-state index < -0.39 is 0 Å². The molecule has 1 aromatic heterocycles. The number of imidazole rings is 1. The van der Waals surface area contributed by atoms with Crippen molar-refractivity contribution in [1.82, 2.24) is 24.7 Å². The zero-order valence-electron chi connectivity index (χ0n) is 17.4. The van der Waals surface area contributed by atoms with E-state index in [-0.39, 0.29) is 0 Å². The normalized spacial score (nSPS) is 28.6. The number of hydrogen-bond donors (Lipinski definition) is 1. The van der Waals surface area contributed by atoms with E-state index in [0.29, 0.717) is 11.5 Å². The Hall–Kier alpha value is -0.950. The Bertz CT molecular complexity index is 609. The number of piperidine rings is 1. The minimum atomic E-state index is 0.325. The van der Waals surface area contributed by atoms with Crippen molar-refractivity contribution in [1.29, 1.82) is 0 Å². The summed E-state index contributed by atoms with van der Waals surface area (Å²) in [7, 11) is 0. The maximum Gasteiger partial charge on any atom is 0.0925 e. The summed E-state index contributed by atoms with van der Waals surface area (Å²) in [6.07, 6.45) is 4.58. The van der Waals surface area contributed by atoms with Gasteiger partial charge in [0.1, 0.15) is 0 Å². The summed E-state index contributed by atoms with van der Waals surface area (Å²) in [6.45, 7) is 18.1. The maximum atomic E-state index is 5.52. The Balaban J connectivity index is 1.36. The lowest BCUT2D eigenvalue weighted by Crippen LogP contribution is -2.51. The highest BCUT2D eigenvalue weighted by Gasteiger charge is 2.37. The van der Waals surface area contributed by atoms with Crippen molar-refractivity contribution in [2.75, 3.05) is 59.0 Å². The molecule has 1 aromatic rings. The van der Waals surface area contributed by atoms with Crippen LogP contribution >= 0.6 is 0 Å². The number of H-pyrrole nitrogens is 1. The first-order chi connectivity index (χ1) is 13.0. The number of rotatable bonds is 6. The van der Waals surface area contributed by atoms with E-state index in [2.05, 4.69) is 45.4 Å². The third-order valence-electron chi connectivity index (χ3n) is 6.60. The molecule has 4 saturated heterocycles. The lowest BCUT2D eigenvalue weighted by atomic mass is 9.88. The fraction of sp³-hybridized carbons (Fsp3) is 0.857. The summed E-state index contributed by atoms with van der Waals surface area (Å²) in [5, 5.41) is 0. The predicted molar refractivity (Wildman–Crippen MR) is 108 cm³/mol. The van der Waals surface area contributed by atoms with Crippen molar-refractivity contribution in [3.8, 4) is 0 Å². The molecule has 0 spiro atoms. The molecule has 0 aromatic carbocycles. The monoisotopic (exact) mass is 375 g/mol. The fourth-order valence-corrected chi connectivity index (χ4v) is 5.32. The smallest absolute Gasteiger partial charge is 0.0925 e. The minimum absolute atomic E-state index is 0.325. The molecular formula is C21H37N5O. The number of aromatic amines is 1. The Morgan fingerprint density at radius 2 is 1.93 bits per heavy atom. The molecule has 4 fully saturated rings. The summed E-state index contributed by atoms with van der Waals surface area (Å²) >= 11 is 0. The number of nitrogens with zero attached hydrogens (tertiary/aromatic N) is 4. The first-order valence-corrected chi connectivity index (χ1v) is 10.7. The zero-order valence-corrected chi connectivity index (χ0v) is 17.4. The quantitative estimate of drug-likeness (QED) is 0.824. The fourth-order valence-electron chi connectivity index (χ4n) is 5.32.